The van der Waals surface area contributed by atoms with Gasteiger partial charge in [0.05, 0.1) is 6.61 Å². The van der Waals surface area contributed by atoms with Gasteiger partial charge in [-0.1, -0.05) is 27.2 Å². The molecule has 3 nitrogen and oxygen atoms in total. The number of ether oxygens (including phenoxy) is 1. The molecule has 0 aromatic carbocycles. The summed E-state index contributed by atoms with van der Waals surface area (Å²) >= 11 is 0. The van der Waals surface area contributed by atoms with Gasteiger partial charge in [-0.25, -0.2) is 0 Å². The van der Waals surface area contributed by atoms with Gasteiger partial charge in [-0.05, 0) is 18.3 Å². The lowest BCUT2D eigenvalue weighted by Crippen LogP contribution is -2.33. The number of nitrogens with zero attached hydrogens (tertiary/aromatic N) is 1. The molecule has 0 radical (unpaired) electrons. The van der Waals surface area contributed by atoms with Gasteiger partial charge in [-0.2, -0.15) is 0 Å². The van der Waals surface area contributed by atoms with Gasteiger partial charge in [-0.15, -0.1) is 0 Å². The van der Waals surface area contributed by atoms with E-state index in [1.165, 1.54) is 0 Å². The van der Waals surface area contributed by atoms with E-state index >= 15 is 0 Å². The van der Waals surface area contributed by atoms with E-state index in [1.807, 2.05) is 4.90 Å². The van der Waals surface area contributed by atoms with Gasteiger partial charge >= 0.3 is 0 Å². The highest BCUT2D eigenvalue weighted by molar-refractivity contribution is 5.76. The fraction of sp³-hybridized carbons (Fsp3) is 0.923. The van der Waals surface area contributed by atoms with Crippen molar-refractivity contribution < 1.29 is 9.53 Å². The molecule has 0 spiro atoms. The second kappa shape index (κ2) is 6.24. The van der Waals surface area contributed by atoms with Crippen molar-refractivity contribution in [1.29, 1.82) is 0 Å². The zero-order valence-electron chi connectivity index (χ0n) is 10.9. The monoisotopic (exact) mass is 227 g/mol. The van der Waals surface area contributed by atoms with Crippen molar-refractivity contribution in [1.82, 2.24) is 4.90 Å². The highest BCUT2D eigenvalue weighted by Crippen LogP contribution is 2.26. The fourth-order valence-corrected chi connectivity index (χ4v) is 1.78. The quantitative estimate of drug-likeness (QED) is 0.738. The summed E-state index contributed by atoms with van der Waals surface area (Å²) in [6.45, 7) is 9.77. The van der Waals surface area contributed by atoms with Crippen LogP contribution in [0.1, 0.15) is 46.5 Å². The SMILES string of the molecule is CCC(C)(C)CCC(=O)N1CCCOCC1. The molecule has 94 valence electrons. The van der Waals surface area contributed by atoms with E-state index in [0.29, 0.717) is 18.9 Å². The van der Waals surface area contributed by atoms with Crippen LogP contribution in [0, 0.1) is 5.41 Å². The van der Waals surface area contributed by atoms with Crippen LogP contribution in [0.15, 0.2) is 0 Å². The first-order valence-corrected chi connectivity index (χ1v) is 6.41. The second-order valence-electron chi connectivity index (χ2n) is 5.36. The Morgan fingerprint density at radius 1 is 1.31 bits per heavy atom. The Labute approximate surface area is 99.1 Å². The van der Waals surface area contributed by atoms with Crippen LogP contribution in [0.25, 0.3) is 0 Å². The van der Waals surface area contributed by atoms with Crippen molar-refractivity contribution in [3.05, 3.63) is 0 Å². The van der Waals surface area contributed by atoms with Gasteiger partial charge in [0.1, 0.15) is 0 Å². The summed E-state index contributed by atoms with van der Waals surface area (Å²) in [5, 5.41) is 0. The Hall–Kier alpha value is -0.570. The van der Waals surface area contributed by atoms with Gasteiger partial charge in [-0.3, -0.25) is 4.79 Å². The predicted molar refractivity (Wildman–Crippen MR) is 65.3 cm³/mol. The van der Waals surface area contributed by atoms with Crippen LogP contribution in [0.3, 0.4) is 0 Å². The maximum atomic E-state index is 12.0. The predicted octanol–water partition coefficient (Wildman–Crippen LogP) is 2.45. The average molecular weight is 227 g/mol. The topological polar surface area (TPSA) is 29.5 Å². The molecule has 0 unspecified atom stereocenters. The van der Waals surface area contributed by atoms with Gasteiger partial charge in [0.2, 0.25) is 5.91 Å². The first kappa shape index (κ1) is 13.5. The Morgan fingerprint density at radius 3 is 2.75 bits per heavy atom. The average Bonchev–Trinajstić information content (AvgIpc) is 2.54. The molecule has 0 atom stereocenters. The molecule has 1 fully saturated rings. The molecular formula is C13H25NO2. The van der Waals surface area contributed by atoms with Crippen molar-refractivity contribution in [3.8, 4) is 0 Å². The van der Waals surface area contributed by atoms with Crippen LogP contribution in [-0.4, -0.2) is 37.1 Å². The zero-order valence-corrected chi connectivity index (χ0v) is 10.9. The molecule has 16 heavy (non-hydrogen) atoms. The van der Waals surface area contributed by atoms with Gasteiger partial charge < -0.3 is 9.64 Å². The molecule has 0 aliphatic carbocycles. The summed E-state index contributed by atoms with van der Waals surface area (Å²) in [5.41, 5.74) is 0.290. The van der Waals surface area contributed by atoms with E-state index in [4.69, 9.17) is 4.74 Å². The van der Waals surface area contributed by atoms with Crippen molar-refractivity contribution in [2.45, 2.75) is 46.5 Å². The number of amides is 1. The van der Waals surface area contributed by atoms with E-state index in [0.717, 1.165) is 39.0 Å². The summed E-state index contributed by atoms with van der Waals surface area (Å²) in [5.74, 6) is 0.298. The molecule has 0 N–H and O–H groups in total. The van der Waals surface area contributed by atoms with Crippen LogP contribution in [0.5, 0.6) is 0 Å². The minimum Gasteiger partial charge on any atom is -0.380 e. The van der Waals surface area contributed by atoms with Crippen molar-refractivity contribution in [2.24, 2.45) is 5.41 Å². The first-order valence-electron chi connectivity index (χ1n) is 6.41. The van der Waals surface area contributed by atoms with Crippen LogP contribution in [0.2, 0.25) is 0 Å². The molecule has 0 bridgehead atoms. The molecule has 1 aliphatic heterocycles. The summed E-state index contributed by atoms with van der Waals surface area (Å²) in [6.07, 6.45) is 3.77. The van der Waals surface area contributed by atoms with Crippen LogP contribution in [-0.2, 0) is 9.53 Å². The largest absolute Gasteiger partial charge is 0.380 e. The Bertz CT molecular complexity index is 218. The summed E-state index contributed by atoms with van der Waals surface area (Å²) in [4.78, 5) is 13.9. The number of rotatable bonds is 4. The van der Waals surface area contributed by atoms with Crippen molar-refractivity contribution in [3.63, 3.8) is 0 Å². The van der Waals surface area contributed by atoms with Gasteiger partial charge in [0, 0.05) is 26.1 Å². The van der Waals surface area contributed by atoms with Crippen LogP contribution < -0.4 is 0 Å². The standard InChI is InChI=1S/C13H25NO2/c1-4-13(2,3)7-6-12(15)14-8-5-10-16-11-9-14/h4-11H2,1-3H3. The maximum Gasteiger partial charge on any atom is 0.222 e. The van der Waals surface area contributed by atoms with E-state index in [1.54, 1.807) is 0 Å². The normalized spacial score (nSPS) is 18.3. The molecular weight excluding hydrogens is 202 g/mol. The smallest absolute Gasteiger partial charge is 0.222 e. The van der Waals surface area contributed by atoms with Gasteiger partial charge in [0.25, 0.3) is 0 Å². The highest BCUT2D eigenvalue weighted by Gasteiger charge is 2.20. The molecule has 1 aliphatic rings. The third-order valence-electron chi connectivity index (χ3n) is 3.55. The summed E-state index contributed by atoms with van der Waals surface area (Å²) in [7, 11) is 0. The minimum absolute atomic E-state index is 0.290. The number of carbonyl (C=O) groups excluding carboxylic acids is 1. The van der Waals surface area contributed by atoms with Crippen LogP contribution >= 0.6 is 0 Å². The fourth-order valence-electron chi connectivity index (χ4n) is 1.78. The first-order chi connectivity index (χ1) is 7.55. The third kappa shape index (κ3) is 4.52. The van der Waals surface area contributed by atoms with Crippen LogP contribution in [0.4, 0.5) is 0 Å². The molecule has 0 saturated carbocycles. The Balaban J connectivity index is 2.33. The highest BCUT2D eigenvalue weighted by atomic mass is 16.5. The number of hydrogen-bond acceptors (Lipinski definition) is 2. The lowest BCUT2D eigenvalue weighted by atomic mass is 9.85. The van der Waals surface area contributed by atoms with E-state index in [2.05, 4.69) is 20.8 Å². The lowest BCUT2D eigenvalue weighted by Gasteiger charge is -2.25. The number of hydrogen-bond donors (Lipinski definition) is 0. The zero-order chi connectivity index (χ0) is 12.0. The second-order valence-corrected chi connectivity index (χ2v) is 5.36. The van der Waals surface area contributed by atoms with E-state index < -0.39 is 0 Å². The van der Waals surface area contributed by atoms with Crippen molar-refractivity contribution in [2.75, 3.05) is 26.3 Å². The number of carbonyl (C=O) groups is 1. The van der Waals surface area contributed by atoms with Gasteiger partial charge in [0.15, 0.2) is 0 Å². The summed E-state index contributed by atoms with van der Waals surface area (Å²) in [6, 6.07) is 0. The third-order valence-corrected chi connectivity index (χ3v) is 3.55. The maximum absolute atomic E-state index is 12.0. The van der Waals surface area contributed by atoms with Crippen molar-refractivity contribution >= 4 is 5.91 Å². The molecule has 0 aromatic heterocycles. The molecule has 1 amide bonds. The summed E-state index contributed by atoms with van der Waals surface area (Å²) < 4.78 is 5.35. The van der Waals surface area contributed by atoms with E-state index in [9.17, 15) is 4.79 Å². The Morgan fingerprint density at radius 2 is 2.06 bits per heavy atom. The Kier molecular flexibility index (Phi) is 5.26. The molecule has 3 heteroatoms. The lowest BCUT2D eigenvalue weighted by molar-refractivity contribution is -0.131. The minimum atomic E-state index is 0.290. The molecule has 1 heterocycles. The molecule has 1 rings (SSSR count). The molecule has 0 aromatic rings. The molecule has 1 saturated heterocycles. The van der Waals surface area contributed by atoms with E-state index in [-0.39, 0.29) is 5.41 Å².